The van der Waals surface area contributed by atoms with Gasteiger partial charge >= 0.3 is 0 Å². The van der Waals surface area contributed by atoms with Gasteiger partial charge in [0, 0.05) is 11.8 Å². The highest BCUT2D eigenvalue weighted by molar-refractivity contribution is 7.23. The van der Waals surface area contributed by atoms with Gasteiger partial charge in [-0.15, -0.1) is 11.3 Å². The van der Waals surface area contributed by atoms with Gasteiger partial charge in [-0.3, -0.25) is 5.10 Å². The van der Waals surface area contributed by atoms with E-state index in [-0.39, 0.29) is 5.95 Å². The van der Waals surface area contributed by atoms with Crippen LogP contribution in [0.5, 0.6) is 0 Å². The lowest BCUT2D eigenvalue weighted by Crippen LogP contribution is -2.02. The van der Waals surface area contributed by atoms with Gasteiger partial charge in [0.25, 0.3) is 0 Å². The number of H-pyrrole nitrogens is 1. The molecule has 21 heavy (non-hydrogen) atoms. The van der Waals surface area contributed by atoms with E-state index in [1.165, 1.54) is 5.56 Å². The van der Waals surface area contributed by atoms with Crippen molar-refractivity contribution in [3.8, 4) is 10.6 Å². The van der Waals surface area contributed by atoms with Crippen LogP contribution in [0.2, 0.25) is 0 Å². The van der Waals surface area contributed by atoms with Crippen LogP contribution in [0.15, 0.2) is 12.3 Å². The highest BCUT2D eigenvalue weighted by atomic mass is 32.1. The van der Waals surface area contributed by atoms with Crippen molar-refractivity contribution >= 4 is 33.3 Å². The number of nitrogens with one attached hydrogen (secondary N) is 1. The second-order valence-electron chi connectivity index (χ2n) is 4.97. The zero-order valence-corrected chi connectivity index (χ0v) is 12.9. The van der Waals surface area contributed by atoms with Gasteiger partial charge in [-0.2, -0.15) is 10.1 Å². The van der Waals surface area contributed by atoms with Crippen molar-refractivity contribution < 1.29 is 0 Å². The number of nitrogens with two attached hydrogens (primary N) is 2. The molecule has 0 unspecified atom stereocenters. The Balaban J connectivity index is 2.36. The van der Waals surface area contributed by atoms with E-state index in [9.17, 15) is 0 Å². The first-order valence-corrected chi connectivity index (χ1v) is 7.82. The van der Waals surface area contributed by atoms with Crippen molar-refractivity contribution in [2.45, 2.75) is 32.6 Å². The third-order valence-corrected chi connectivity index (χ3v) is 5.00. The Labute approximate surface area is 126 Å². The van der Waals surface area contributed by atoms with E-state index in [1.807, 2.05) is 6.07 Å². The average Bonchev–Trinajstić information content (AvgIpc) is 3.08. The number of nitrogen functional groups attached to an aromatic ring is 2. The summed E-state index contributed by atoms with van der Waals surface area (Å²) in [5.41, 5.74) is 14.9. The topological polar surface area (TPSA) is 106 Å². The zero-order valence-electron chi connectivity index (χ0n) is 12.1. The first kappa shape index (κ1) is 13.8. The Morgan fingerprint density at radius 3 is 2.62 bits per heavy atom. The van der Waals surface area contributed by atoms with Crippen LogP contribution in [0.4, 0.5) is 11.8 Å². The minimum Gasteiger partial charge on any atom is -0.382 e. The van der Waals surface area contributed by atoms with Crippen LogP contribution in [0, 0.1) is 0 Å². The van der Waals surface area contributed by atoms with Crippen molar-refractivity contribution in [3.63, 3.8) is 0 Å². The standard InChI is InChI=1S/C14H18N6S/c1-3-7(4-2)9-10-12(13(15)19-14(16)18-10)21-11(9)8-5-6-17-20-8/h5-7H,3-4H2,1-2H3,(H,17,20)(H4,15,16,18,19). The number of anilines is 2. The summed E-state index contributed by atoms with van der Waals surface area (Å²) in [7, 11) is 0. The van der Waals surface area contributed by atoms with Crippen LogP contribution in [0.25, 0.3) is 20.8 Å². The molecular formula is C14H18N6S. The first-order valence-electron chi connectivity index (χ1n) is 7.00. The van der Waals surface area contributed by atoms with E-state index in [4.69, 9.17) is 11.5 Å². The lowest BCUT2D eigenvalue weighted by Gasteiger charge is -2.13. The van der Waals surface area contributed by atoms with Gasteiger partial charge in [0.2, 0.25) is 5.95 Å². The van der Waals surface area contributed by atoms with Crippen LogP contribution >= 0.6 is 11.3 Å². The molecule has 110 valence electrons. The van der Waals surface area contributed by atoms with Crippen LogP contribution in [0.3, 0.4) is 0 Å². The maximum absolute atomic E-state index is 6.03. The molecule has 0 radical (unpaired) electrons. The molecule has 0 spiro atoms. The molecular weight excluding hydrogens is 284 g/mol. The maximum Gasteiger partial charge on any atom is 0.222 e. The molecule has 3 rings (SSSR count). The monoisotopic (exact) mass is 302 g/mol. The zero-order chi connectivity index (χ0) is 15.0. The van der Waals surface area contributed by atoms with E-state index in [0.717, 1.165) is 33.6 Å². The van der Waals surface area contributed by atoms with Crippen LogP contribution in [0.1, 0.15) is 38.2 Å². The number of nitrogens with zero attached hydrogens (tertiary/aromatic N) is 3. The minimum atomic E-state index is 0.223. The molecule has 0 aliphatic carbocycles. The largest absolute Gasteiger partial charge is 0.382 e. The molecule has 3 aromatic heterocycles. The van der Waals surface area contributed by atoms with Gasteiger partial charge in [0.05, 0.1) is 20.8 Å². The van der Waals surface area contributed by atoms with Crippen molar-refractivity contribution in [3.05, 3.63) is 17.8 Å². The number of hydrogen-bond acceptors (Lipinski definition) is 6. The van der Waals surface area contributed by atoms with E-state index in [0.29, 0.717) is 11.7 Å². The smallest absolute Gasteiger partial charge is 0.222 e. The molecule has 0 fully saturated rings. The number of aromatic amines is 1. The predicted molar refractivity (Wildman–Crippen MR) is 87.1 cm³/mol. The van der Waals surface area contributed by atoms with Crippen LogP contribution in [-0.2, 0) is 0 Å². The van der Waals surface area contributed by atoms with Gasteiger partial charge in [-0.1, -0.05) is 13.8 Å². The molecule has 0 bridgehead atoms. The minimum absolute atomic E-state index is 0.223. The fourth-order valence-corrected chi connectivity index (χ4v) is 3.90. The lowest BCUT2D eigenvalue weighted by molar-refractivity contribution is 0.648. The summed E-state index contributed by atoms with van der Waals surface area (Å²) in [5.74, 6) is 1.08. The molecule has 3 heterocycles. The highest BCUT2D eigenvalue weighted by Gasteiger charge is 2.23. The van der Waals surface area contributed by atoms with E-state index < -0.39 is 0 Å². The van der Waals surface area contributed by atoms with Gasteiger partial charge in [0.15, 0.2) is 0 Å². The third kappa shape index (κ3) is 2.23. The Morgan fingerprint density at radius 2 is 2.00 bits per heavy atom. The Morgan fingerprint density at radius 1 is 1.24 bits per heavy atom. The van der Waals surface area contributed by atoms with Crippen LogP contribution < -0.4 is 11.5 Å². The summed E-state index contributed by atoms with van der Waals surface area (Å²) in [6.45, 7) is 4.37. The summed E-state index contributed by atoms with van der Waals surface area (Å²) in [6, 6.07) is 1.96. The normalized spacial score (nSPS) is 11.6. The Kier molecular flexibility index (Phi) is 3.50. The fraction of sp³-hybridized carbons (Fsp3) is 0.357. The molecule has 0 aromatic carbocycles. The second kappa shape index (κ2) is 5.33. The summed E-state index contributed by atoms with van der Waals surface area (Å²) >= 11 is 1.60. The quantitative estimate of drug-likeness (QED) is 0.686. The highest BCUT2D eigenvalue weighted by Crippen LogP contribution is 2.44. The number of thiophene rings is 1. The molecule has 0 aliphatic heterocycles. The summed E-state index contributed by atoms with van der Waals surface area (Å²) in [5, 5.41) is 7.08. The molecule has 0 atom stereocenters. The first-order chi connectivity index (χ1) is 10.2. The molecule has 0 aliphatic rings. The summed E-state index contributed by atoms with van der Waals surface area (Å²) < 4.78 is 0.899. The van der Waals surface area contributed by atoms with E-state index in [1.54, 1.807) is 17.5 Å². The molecule has 7 heteroatoms. The van der Waals surface area contributed by atoms with Crippen molar-refractivity contribution in [2.24, 2.45) is 0 Å². The molecule has 0 saturated heterocycles. The molecule has 0 amide bonds. The molecule has 0 saturated carbocycles. The van der Waals surface area contributed by atoms with Gasteiger partial charge in [-0.05, 0) is 24.8 Å². The van der Waals surface area contributed by atoms with Gasteiger partial charge in [-0.25, -0.2) is 4.98 Å². The van der Waals surface area contributed by atoms with E-state index in [2.05, 4.69) is 34.0 Å². The number of hydrogen-bond donors (Lipinski definition) is 3. The summed E-state index contributed by atoms with van der Waals surface area (Å²) in [6.07, 6.45) is 3.82. The van der Waals surface area contributed by atoms with Crippen molar-refractivity contribution in [1.29, 1.82) is 0 Å². The number of rotatable bonds is 4. The average molecular weight is 302 g/mol. The van der Waals surface area contributed by atoms with Crippen molar-refractivity contribution in [1.82, 2.24) is 20.2 Å². The Bertz CT molecular complexity index is 757. The maximum atomic E-state index is 6.03. The second-order valence-corrected chi connectivity index (χ2v) is 5.99. The third-order valence-electron chi connectivity index (χ3n) is 3.75. The predicted octanol–water partition coefficient (Wildman–Crippen LogP) is 3.15. The molecule has 5 N–H and O–H groups in total. The van der Waals surface area contributed by atoms with Gasteiger partial charge < -0.3 is 11.5 Å². The van der Waals surface area contributed by atoms with Crippen molar-refractivity contribution in [2.75, 3.05) is 11.5 Å². The van der Waals surface area contributed by atoms with Crippen LogP contribution in [-0.4, -0.2) is 20.2 Å². The SMILES string of the molecule is CCC(CC)c1c(-c2ccn[nH]2)sc2c(N)nc(N)nc12. The van der Waals surface area contributed by atoms with E-state index >= 15 is 0 Å². The number of fused-ring (bicyclic) bond motifs is 1. The molecule has 6 nitrogen and oxygen atoms in total. The Hall–Kier alpha value is -2.15. The van der Waals surface area contributed by atoms with Gasteiger partial charge in [0.1, 0.15) is 5.82 Å². The number of aromatic nitrogens is 4. The summed E-state index contributed by atoms with van der Waals surface area (Å²) in [4.78, 5) is 9.65. The lowest BCUT2D eigenvalue weighted by atomic mass is 9.92. The fourth-order valence-electron chi connectivity index (χ4n) is 2.69. The molecule has 3 aromatic rings.